The fraction of sp³-hybridized carbons (Fsp3) is 0.143. The zero-order valence-corrected chi connectivity index (χ0v) is 7.42. The number of nitrogens with zero attached hydrogens (tertiary/aromatic N) is 1. The van der Waals surface area contributed by atoms with Crippen LogP contribution in [-0.4, -0.2) is 16.1 Å². The molecule has 1 aromatic heterocycles. The molecular weight excluding hydrogens is 218 g/mol. The van der Waals surface area contributed by atoms with Gasteiger partial charge in [0.25, 0.3) is 6.43 Å². The zero-order valence-electron chi connectivity index (χ0n) is 6.67. The van der Waals surface area contributed by atoms with Crippen LogP contribution in [0.5, 0.6) is 0 Å². The SMILES string of the molecule is Nc1cnc(Cl)c(C(F)F)c1C(=O)O. The summed E-state index contributed by atoms with van der Waals surface area (Å²) >= 11 is 5.33. The Morgan fingerprint density at radius 3 is 2.57 bits per heavy atom. The van der Waals surface area contributed by atoms with Gasteiger partial charge in [-0.05, 0) is 0 Å². The Bertz CT molecular complexity index is 384. The van der Waals surface area contributed by atoms with Gasteiger partial charge < -0.3 is 10.8 Å². The normalized spacial score (nSPS) is 10.6. The zero-order chi connectivity index (χ0) is 10.9. The molecule has 0 atom stereocenters. The number of halogens is 3. The highest BCUT2D eigenvalue weighted by Gasteiger charge is 2.24. The maximum Gasteiger partial charge on any atom is 0.338 e. The molecule has 4 nitrogen and oxygen atoms in total. The first-order chi connectivity index (χ1) is 6.45. The highest BCUT2D eigenvalue weighted by Crippen LogP contribution is 2.31. The van der Waals surface area contributed by atoms with Gasteiger partial charge in [-0.25, -0.2) is 18.6 Å². The number of nitrogens with two attached hydrogens (primary N) is 1. The molecule has 14 heavy (non-hydrogen) atoms. The van der Waals surface area contributed by atoms with E-state index in [0.717, 1.165) is 6.20 Å². The Kier molecular flexibility index (Phi) is 2.85. The molecule has 0 radical (unpaired) electrons. The first kappa shape index (κ1) is 10.6. The Balaban J connectivity index is 3.50. The molecule has 0 aliphatic rings. The van der Waals surface area contributed by atoms with Crippen LogP contribution in [0.1, 0.15) is 22.3 Å². The van der Waals surface area contributed by atoms with Gasteiger partial charge in [-0.1, -0.05) is 11.6 Å². The topological polar surface area (TPSA) is 76.2 Å². The van der Waals surface area contributed by atoms with Crippen molar-refractivity contribution in [2.24, 2.45) is 0 Å². The molecule has 0 fully saturated rings. The predicted octanol–water partition coefficient (Wildman–Crippen LogP) is 1.95. The monoisotopic (exact) mass is 222 g/mol. The fourth-order valence-corrected chi connectivity index (χ4v) is 1.18. The molecule has 1 aromatic rings. The minimum absolute atomic E-state index is 0.336. The molecule has 76 valence electrons. The van der Waals surface area contributed by atoms with Gasteiger partial charge in [0.1, 0.15) is 5.15 Å². The van der Waals surface area contributed by atoms with Crippen LogP contribution in [0.3, 0.4) is 0 Å². The Labute approximate surface area is 82.3 Å². The van der Waals surface area contributed by atoms with Crippen molar-refractivity contribution >= 4 is 23.3 Å². The Morgan fingerprint density at radius 2 is 2.21 bits per heavy atom. The van der Waals surface area contributed by atoms with Gasteiger partial charge in [0, 0.05) is 0 Å². The maximum absolute atomic E-state index is 12.4. The van der Waals surface area contributed by atoms with Gasteiger partial charge in [-0.2, -0.15) is 0 Å². The number of alkyl halides is 2. The summed E-state index contributed by atoms with van der Waals surface area (Å²) < 4.78 is 24.8. The molecule has 0 aromatic carbocycles. The Hall–Kier alpha value is -1.43. The van der Waals surface area contributed by atoms with Crippen LogP contribution in [0.15, 0.2) is 6.20 Å². The second-order valence-electron chi connectivity index (χ2n) is 2.40. The van der Waals surface area contributed by atoms with Gasteiger partial charge in [-0.15, -0.1) is 0 Å². The predicted molar refractivity (Wildman–Crippen MR) is 45.6 cm³/mol. The van der Waals surface area contributed by atoms with Crippen molar-refractivity contribution in [3.8, 4) is 0 Å². The van der Waals surface area contributed by atoms with Crippen molar-refractivity contribution in [2.75, 3.05) is 5.73 Å². The number of carboxylic acid groups (broad SMARTS) is 1. The van der Waals surface area contributed by atoms with Crippen molar-refractivity contribution in [1.29, 1.82) is 0 Å². The second-order valence-corrected chi connectivity index (χ2v) is 2.76. The third-order valence-electron chi connectivity index (χ3n) is 1.53. The fourth-order valence-electron chi connectivity index (χ4n) is 0.957. The molecule has 0 spiro atoms. The van der Waals surface area contributed by atoms with E-state index in [1.165, 1.54) is 0 Å². The van der Waals surface area contributed by atoms with Crippen LogP contribution in [0.4, 0.5) is 14.5 Å². The van der Waals surface area contributed by atoms with Crippen LogP contribution in [-0.2, 0) is 0 Å². The van der Waals surface area contributed by atoms with Crippen molar-refractivity contribution in [2.45, 2.75) is 6.43 Å². The molecule has 0 amide bonds. The molecule has 1 rings (SSSR count). The summed E-state index contributed by atoms with van der Waals surface area (Å²) in [6.45, 7) is 0. The van der Waals surface area contributed by atoms with Crippen LogP contribution >= 0.6 is 11.6 Å². The van der Waals surface area contributed by atoms with Gasteiger partial charge in [0.2, 0.25) is 0 Å². The number of hydrogen-bond acceptors (Lipinski definition) is 3. The smallest absolute Gasteiger partial charge is 0.338 e. The molecular formula is C7H5ClF2N2O2. The minimum atomic E-state index is -3.02. The summed E-state index contributed by atoms with van der Waals surface area (Å²) in [6, 6.07) is 0. The summed E-state index contributed by atoms with van der Waals surface area (Å²) in [6.07, 6.45) is -2.10. The number of carboxylic acids is 1. The van der Waals surface area contributed by atoms with Gasteiger partial charge >= 0.3 is 5.97 Å². The van der Waals surface area contributed by atoms with Crippen LogP contribution < -0.4 is 5.73 Å². The molecule has 0 saturated carbocycles. The second kappa shape index (κ2) is 3.75. The molecule has 1 heterocycles. The molecule has 0 saturated heterocycles. The lowest BCUT2D eigenvalue weighted by molar-refractivity contribution is 0.0685. The van der Waals surface area contributed by atoms with E-state index in [1.807, 2.05) is 0 Å². The number of aromatic nitrogens is 1. The van der Waals surface area contributed by atoms with Crippen LogP contribution in [0, 0.1) is 0 Å². The minimum Gasteiger partial charge on any atom is -0.478 e. The van der Waals surface area contributed by atoms with Crippen molar-refractivity contribution < 1.29 is 18.7 Å². The van der Waals surface area contributed by atoms with Gasteiger partial charge in [0.15, 0.2) is 0 Å². The number of rotatable bonds is 2. The summed E-state index contributed by atoms with van der Waals surface area (Å²) in [4.78, 5) is 13.9. The third kappa shape index (κ3) is 1.74. The summed E-state index contributed by atoms with van der Waals surface area (Å²) in [5, 5.41) is 8.07. The number of hydrogen-bond donors (Lipinski definition) is 2. The lowest BCUT2D eigenvalue weighted by Gasteiger charge is -2.08. The average Bonchev–Trinajstić information content (AvgIpc) is 2.07. The number of carbonyl (C=O) groups is 1. The van der Waals surface area contributed by atoms with Crippen molar-refractivity contribution in [1.82, 2.24) is 4.98 Å². The number of nitrogen functional groups attached to an aromatic ring is 1. The molecule has 0 bridgehead atoms. The maximum atomic E-state index is 12.4. The van der Waals surface area contributed by atoms with E-state index in [4.69, 9.17) is 22.4 Å². The highest BCUT2D eigenvalue weighted by molar-refractivity contribution is 6.30. The third-order valence-corrected chi connectivity index (χ3v) is 1.83. The Morgan fingerprint density at radius 1 is 1.64 bits per heavy atom. The summed E-state index contributed by atoms with van der Waals surface area (Å²) in [5.74, 6) is -1.55. The molecule has 0 aliphatic heterocycles. The summed E-state index contributed by atoms with van der Waals surface area (Å²) in [7, 11) is 0. The van der Waals surface area contributed by atoms with Crippen LogP contribution in [0.2, 0.25) is 5.15 Å². The number of pyridine rings is 1. The van der Waals surface area contributed by atoms with Gasteiger partial charge in [-0.3, -0.25) is 0 Å². The largest absolute Gasteiger partial charge is 0.478 e. The van der Waals surface area contributed by atoms with E-state index in [0.29, 0.717) is 0 Å². The molecule has 3 N–H and O–H groups in total. The quantitative estimate of drug-likeness (QED) is 0.750. The van der Waals surface area contributed by atoms with Gasteiger partial charge in [0.05, 0.1) is 23.0 Å². The van der Waals surface area contributed by atoms with Crippen LogP contribution in [0.25, 0.3) is 0 Å². The van der Waals surface area contributed by atoms with E-state index < -0.39 is 28.7 Å². The van der Waals surface area contributed by atoms with E-state index in [-0.39, 0.29) is 5.69 Å². The first-order valence-electron chi connectivity index (χ1n) is 3.40. The van der Waals surface area contributed by atoms with E-state index in [1.54, 1.807) is 0 Å². The standard InChI is InChI=1S/C7H5ClF2N2O2/c8-5-4(6(9)10)3(7(13)14)2(11)1-12-5/h1,6H,11H2,(H,13,14). The van der Waals surface area contributed by atoms with E-state index in [9.17, 15) is 13.6 Å². The average molecular weight is 223 g/mol. The summed E-state index contributed by atoms with van der Waals surface area (Å²) in [5.41, 5.74) is 3.32. The van der Waals surface area contributed by atoms with Crippen molar-refractivity contribution in [3.05, 3.63) is 22.5 Å². The lowest BCUT2D eigenvalue weighted by Crippen LogP contribution is -2.09. The molecule has 7 heteroatoms. The first-order valence-corrected chi connectivity index (χ1v) is 3.78. The van der Waals surface area contributed by atoms with Crippen molar-refractivity contribution in [3.63, 3.8) is 0 Å². The molecule has 0 aliphatic carbocycles. The molecule has 0 unspecified atom stereocenters. The van der Waals surface area contributed by atoms with E-state index in [2.05, 4.69) is 4.98 Å². The van der Waals surface area contributed by atoms with E-state index >= 15 is 0 Å². The lowest BCUT2D eigenvalue weighted by atomic mass is 10.1. The highest BCUT2D eigenvalue weighted by atomic mass is 35.5. The number of anilines is 1. The number of aromatic carboxylic acids is 1.